The first kappa shape index (κ1) is 21.1. The highest BCUT2D eigenvalue weighted by atomic mass is 19.3. The quantitative estimate of drug-likeness (QED) is 0.574. The SMILES string of the molecule is CNCCN(C)Cc1c[nH]nc1-c1cc(Cc2ccncc2)cc(C(C)(F)F)c1. The Hall–Kier alpha value is -2.64. The number of benzene rings is 1. The fourth-order valence-corrected chi connectivity index (χ4v) is 3.28. The van der Waals surface area contributed by atoms with Crippen molar-refractivity contribution in [3.8, 4) is 11.3 Å². The summed E-state index contributed by atoms with van der Waals surface area (Å²) >= 11 is 0. The highest BCUT2D eigenvalue weighted by Gasteiger charge is 2.26. The van der Waals surface area contributed by atoms with Gasteiger partial charge in [0.05, 0.1) is 5.69 Å². The molecule has 3 aromatic rings. The third-order valence-electron chi connectivity index (χ3n) is 4.83. The van der Waals surface area contributed by atoms with Crippen LogP contribution in [0, 0.1) is 0 Å². The number of hydrogen-bond donors (Lipinski definition) is 2. The van der Waals surface area contributed by atoms with Crippen LogP contribution < -0.4 is 5.32 Å². The van der Waals surface area contributed by atoms with E-state index in [1.54, 1.807) is 24.5 Å². The average molecular weight is 399 g/mol. The van der Waals surface area contributed by atoms with E-state index >= 15 is 0 Å². The Morgan fingerprint density at radius 3 is 2.59 bits per heavy atom. The van der Waals surface area contributed by atoms with Gasteiger partial charge in [0.25, 0.3) is 5.92 Å². The smallest absolute Gasteiger partial charge is 0.270 e. The van der Waals surface area contributed by atoms with E-state index < -0.39 is 5.92 Å². The summed E-state index contributed by atoms with van der Waals surface area (Å²) in [6.45, 7) is 3.36. The molecule has 2 N–H and O–H groups in total. The normalized spacial score (nSPS) is 11.9. The third-order valence-corrected chi connectivity index (χ3v) is 4.83. The van der Waals surface area contributed by atoms with Crippen LogP contribution in [0.5, 0.6) is 0 Å². The van der Waals surface area contributed by atoms with E-state index in [2.05, 4.69) is 25.4 Å². The molecule has 1 aromatic carbocycles. The summed E-state index contributed by atoms with van der Waals surface area (Å²) in [5.74, 6) is -2.93. The zero-order valence-corrected chi connectivity index (χ0v) is 17.0. The van der Waals surface area contributed by atoms with Gasteiger partial charge >= 0.3 is 0 Å². The summed E-state index contributed by atoms with van der Waals surface area (Å²) in [7, 11) is 3.94. The molecule has 3 rings (SSSR count). The van der Waals surface area contributed by atoms with Crippen molar-refractivity contribution in [2.45, 2.75) is 25.8 Å². The molecule has 0 saturated heterocycles. The molecular weight excluding hydrogens is 372 g/mol. The van der Waals surface area contributed by atoms with Gasteiger partial charge < -0.3 is 10.2 Å². The van der Waals surface area contributed by atoms with Gasteiger partial charge in [-0.25, -0.2) is 8.78 Å². The highest BCUT2D eigenvalue weighted by molar-refractivity contribution is 5.65. The van der Waals surface area contributed by atoms with Gasteiger partial charge in [-0.2, -0.15) is 5.10 Å². The van der Waals surface area contributed by atoms with E-state index in [9.17, 15) is 8.78 Å². The van der Waals surface area contributed by atoms with Crippen LogP contribution in [0.15, 0.2) is 48.9 Å². The number of nitrogens with zero attached hydrogens (tertiary/aromatic N) is 3. The lowest BCUT2D eigenvalue weighted by Gasteiger charge is -2.17. The molecule has 2 aromatic heterocycles. The molecule has 0 fully saturated rings. The van der Waals surface area contributed by atoms with Gasteiger partial charge in [0.2, 0.25) is 0 Å². The summed E-state index contributed by atoms with van der Waals surface area (Å²) in [6, 6.07) is 8.86. The number of hydrogen-bond acceptors (Lipinski definition) is 4. The van der Waals surface area contributed by atoms with Crippen molar-refractivity contribution in [3.05, 3.63) is 71.2 Å². The topological polar surface area (TPSA) is 56.8 Å². The molecule has 7 heteroatoms. The minimum Gasteiger partial charge on any atom is -0.318 e. The molecule has 0 bridgehead atoms. The van der Waals surface area contributed by atoms with Crippen LogP contribution in [0.1, 0.15) is 29.2 Å². The van der Waals surface area contributed by atoms with E-state index in [0.29, 0.717) is 24.2 Å². The molecule has 29 heavy (non-hydrogen) atoms. The average Bonchev–Trinajstić information content (AvgIpc) is 3.14. The Kier molecular flexibility index (Phi) is 6.71. The maximum Gasteiger partial charge on any atom is 0.270 e. The van der Waals surface area contributed by atoms with Crippen LogP contribution >= 0.6 is 0 Å². The Morgan fingerprint density at radius 1 is 1.14 bits per heavy atom. The fraction of sp³-hybridized carbons (Fsp3) is 0.364. The first-order valence-electron chi connectivity index (χ1n) is 9.64. The molecule has 154 valence electrons. The predicted octanol–water partition coefficient (Wildman–Crippen LogP) is 3.83. The van der Waals surface area contributed by atoms with Crippen molar-refractivity contribution in [2.24, 2.45) is 0 Å². The minimum atomic E-state index is -2.93. The lowest BCUT2D eigenvalue weighted by molar-refractivity contribution is 0.0174. The standard InChI is InChI=1S/C22H27F2N5/c1-22(23,24)20-12-17(10-16-4-6-26-7-5-16)11-18(13-20)21-19(14-27-28-21)15-29(3)9-8-25-2/h4-7,11-14,25H,8-10,15H2,1-3H3,(H,27,28). The molecule has 0 radical (unpaired) electrons. The van der Waals surface area contributed by atoms with Crippen molar-refractivity contribution in [3.63, 3.8) is 0 Å². The lowest BCUT2D eigenvalue weighted by Crippen LogP contribution is -2.27. The molecule has 5 nitrogen and oxygen atoms in total. The molecule has 0 aliphatic carbocycles. The van der Waals surface area contributed by atoms with Crippen LogP contribution in [0.2, 0.25) is 0 Å². The Bertz CT molecular complexity index is 918. The summed E-state index contributed by atoms with van der Waals surface area (Å²) in [6.07, 6.45) is 5.81. The van der Waals surface area contributed by atoms with Crippen molar-refractivity contribution in [1.29, 1.82) is 0 Å². The van der Waals surface area contributed by atoms with Crippen LogP contribution in [0.4, 0.5) is 8.78 Å². The summed E-state index contributed by atoms with van der Waals surface area (Å²) < 4.78 is 28.4. The van der Waals surface area contributed by atoms with Crippen LogP contribution in [0.25, 0.3) is 11.3 Å². The number of H-pyrrole nitrogens is 1. The number of rotatable bonds is 9. The highest BCUT2D eigenvalue weighted by Crippen LogP contribution is 2.33. The van der Waals surface area contributed by atoms with Crippen molar-refractivity contribution in [2.75, 3.05) is 27.2 Å². The zero-order chi connectivity index (χ0) is 20.9. The Labute approximate surface area is 170 Å². The number of aromatic nitrogens is 3. The monoisotopic (exact) mass is 399 g/mol. The van der Waals surface area contributed by atoms with E-state index in [-0.39, 0.29) is 5.56 Å². The second-order valence-electron chi connectivity index (χ2n) is 7.44. The van der Waals surface area contributed by atoms with Crippen LogP contribution in [-0.4, -0.2) is 47.3 Å². The largest absolute Gasteiger partial charge is 0.318 e. The second-order valence-corrected chi connectivity index (χ2v) is 7.44. The summed E-state index contributed by atoms with van der Waals surface area (Å²) in [5, 5.41) is 10.4. The maximum absolute atomic E-state index is 14.2. The number of likely N-dealkylation sites (N-methyl/N-ethyl adjacent to an activating group) is 2. The number of alkyl halides is 2. The molecule has 2 heterocycles. The summed E-state index contributed by atoms with van der Waals surface area (Å²) in [4.78, 5) is 6.19. The zero-order valence-electron chi connectivity index (χ0n) is 17.0. The molecule has 0 saturated carbocycles. The number of pyridine rings is 1. The van der Waals surface area contributed by atoms with Gasteiger partial charge in [-0.15, -0.1) is 0 Å². The fourth-order valence-electron chi connectivity index (χ4n) is 3.28. The van der Waals surface area contributed by atoms with Crippen molar-refractivity contribution >= 4 is 0 Å². The van der Waals surface area contributed by atoms with Gasteiger partial charge in [0.15, 0.2) is 0 Å². The Balaban J connectivity index is 1.95. The lowest BCUT2D eigenvalue weighted by atomic mass is 9.95. The Morgan fingerprint density at radius 2 is 1.90 bits per heavy atom. The molecule has 0 spiro atoms. The molecule has 0 amide bonds. The van der Waals surface area contributed by atoms with E-state index in [1.165, 1.54) is 0 Å². The van der Waals surface area contributed by atoms with Gasteiger partial charge in [-0.05, 0) is 62.0 Å². The molecular formula is C22H27F2N5. The van der Waals surface area contributed by atoms with Gasteiger partial charge in [0, 0.05) is 61.8 Å². The van der Waals surface area contributed by atoms with Gasteiger partial charge in [0.1, 0.15) is 0 Å². The van der Waals surface area contributed by atoms with Crippen LogP contribution in [0.3, 0.4) is 0 Å². The first-order valence-corrected chi connectivity index (χ1v) is 9.64. The maximum atomic E-state index is 14.2. The molecule has 0 aliphatic rings. The van der Waals surface area contributed by atoms with Crippen molar-refractivity contribution in [1.82, 2.24) is 25.4 Å². The minimum absolute atomic E-state index is 0.00320. The van der Waals surface area contributed by atoms with Crippen molar-refractivity contribution < 1.29 is 8.78 Å². The predicted molar refractivity (Wildman–Crippen MR) is 111 cm³/mol. The number of halogens is 2. The van der Waals surface area contributed by atoms with Gasteiger partial charge in [-0.3, -0.25) is 10.1 Å². The third kappa shape index (κ3) is 5.68. The second kappa shape index (κ2) is 9.24. The molecule has 0 unspecified atom stereocenters. The molecule has 0 atom stereocenters. The number of nitrogens with one attached hydrogen (secondary N) is 2. The molecule has 0 aliphatic heterocycles. The van der Waals surface area contributed by atoms with Crippen LogP contribution in [-0.2, 0) is 18.9 Å². The number of aromatic amines is 1. The first-order chi connectivity index (χ1) is 13.9. The van der Waals surface area contributed by atoms with E-state index in [0.717, 1.165) is 36.7 Å². The van der Waals surface area contributed by atoms with E-state index in [1.807, 2.05) is 38.5 Å². The van der Waals surface area contributed by atoms with E-state index in [4.69, 9.17) is 0 Å². The van der Waals surface area contributed by atoms with Gasteiger partial charge in [-0.1, -0.05) is 0 Å². The summed E-state index contributed by atoms with van der Waals surface area (Å²) in [5.41, 5.74) is 4.24.